The number of rotatable bonds is 2. The number of anilines is 1. The Kier molecular flexibility index (Phi) is 3.80. The molecule has 0 fully saturated rings. The number of benzene rings is 2. The highest BCUT2D eigenvalue weighted by Crippen LogP contribution is 2.42. The van der Waals surface area contributed by atoms with E-state index >= 15 is 0 Å². The van der Waals surface area contributed by atoms with Crippen LogP contribution in [0, 0.1) is 0 Å². The van der Waals surface area contributed by atoms with Crippen LogP contribution in [0.4, 0.5) is 19.0 Å². The Bertz CT molecular complexity index is 1110. The maximum Gasteiger partial charge on any atom is 0.416 e. The van der Waals surface area contributed by atoms with Crippen molar-refractivity contribution >= 4 is 11.7 Å². The molecule has 1 aromatic heterocycles. The zero-order chi connectivity index (χ0) is 20.2. The molecule has 5 rings (SSSR count). The molecule has 0 bridgehead atoms. The van der Waals surface area contributed by atoms with E-state index < -0.39 is 11.7 Å². The van der Waals surface area contributed by atoms with E-state index in [9.17, 15) is 18.0 Å². The second-order valence-corrected chi connectivity index (χ2v) is 6.81. The van der Waals surface area contributed by atoms with Crippen LogP contribution < -0.4 is 14.8 Å². The summed E-state index contributed by atoms with van der Waals surface area (Å²) < 4.78 is 51.1. The fourth-order valence-electron chi connectivity index (χ4n) is 3.67. The molecule has 0 saturated heterocycles. The SMILES string of the molecule is O=C1CC(c2ccc3c(c2)OCO3)c2c(ncn2-c2ccc(C(F)(F)F)cc2)N1. The van der Waals surface area contributed by atoms with Crippen molar-refractivity contribution in [1.29, 1.82) is 0 Å². The quantitative estimate of drug-likeness (QED) is 0.703. The van der Waals surface area contributed by atoms with Crippen molar-refractivity contribution in [2.45, 2.75) is 18.5 Å². The predicted molar refractivity (Wildman–Crippen MR) is 96.2 cm³/mol. The number of imidazole rings is 1. The van der Waals surface area contributed by atoms with Gasteiger partial charge in [-0.25, -0.2) is 4.98 Å². The van der Waals surface area contributed by atoms with Crippen LogP contribution in [0.5, 0.6) is 11.5 Å². The number of ether oxygens (including phenoxy) is 2. The van der Waals surface area contributed by atoms with Crippen LogP contribution in [0.15, 0.2) is 48.8 Å². The minimum absolute atomic E-state index is 0.138. The Hall–Kier alpha value is -3.49. The van der Waals surface area contributed by atoms with E-state index in [1.807, 2.05) is 12.1 Å². The Morgan fingerprint density at radius 1 is 1.07 bits per heavy atom. The highest BCUT2D eigenvalue weighted by Gasteiger charge is 2.33. The fraction of sp³-hybridized carbons (Fsp3) is 0.200. The predicted octanol–water partition coefficient (Wildman–Crippen LogP) is 4.09. The molecule has 6 nitrogen and oxygen atoms in total. The number of nitrogens with zero attached hydrogens (tertiary/aromatic N) is 2. The van der Waals surface area contributed by atoms with Crippen LogP contribution in [0.2, 0.25) is 0 Å². The lowest BCUT2D eigenvalue weighted by molar-refractivity contribution is -0.137. The molecule has 1 N–H and O–H groups in total. The van der Waals surface area contributed by atoms with Gasteiger partial charge in [0.25, 0.3) is 0 Å². The third-order valence-corrected chi connectivity index (χ3v) is 5.05. The molecule has 0 spiro atoms. The van der Waals surface area contributed by atoms with E-state index in [0.717, 1.165) is 17.7 Å². The molecule has 9 heteroatoms. The van der Waals surface area contributed by atoms with Crippen molar-refractivity contribution in [2.24, 2.45) is 0 Å². The molecule has 0 aliphatic carbocycles. The summed E-state index contributed by atoms with van der Waals surface area (Å²) in [5, 5.41) is 2.73. The van der Waals surface area contributed by atoms with Gasteiger partial charge in [-0.2, -0.15) is 13.2 Å². The van der Waals surface area contributed by atoms with E-state index in [1.54, 1.807) is 10.6 Å². The Labute approximate surface area is 162 Å². The van der Waals surface area contributed by atoms with Gasteiger partial charge in [-0.15, -0.1) is 0 Å². The molecule has 1 amide bonds. The van der Waals surface area contributed by atoms with Gasteiger partial charge in [-0.05, 0) is 42.0 Å². The van der Waals surface area contributed by atoms with Gasteiger partial charge < -0.3 is 19.4 Å². The first-order valence-electron chi connectivity index (χ1n) is 8.84. The molecule has 0 radical (unpaired) electrons. The molecule has 0 saturated carbocycles. The van der Waals surface area contributed by atoms with Crippen molar-refractivity contribution in [1.82, 2.24) is 9.55 Å². The van der Waals surface area contributed by atoms with Crippen molar-refractivity contribution < 1.29 is 27.4 Å². The first-order chi connectivity index (χ1) is 13.9. The Morgan fingerprint density at radius 2 is 1.83 bits per heavy atom. The molecule has 1 unspecified atom stereocenters. The number of nitrogens with one attached hydrogen (secondary N) is 1. The van der Waals surface area contributed by atoms with Crippen molar-refractivity contribution in [2.75, 3.05) is 12.1 Å². The van der Waals surface area contributed by atoms with E-state index in [2.05, 4.69) is 10.3 Å². The first kappa shape index (κ1) is 17.6. The zero-order valence-electron chi connectivity index (χ0n) is 14.9. The average molecular weight is 401 g/mol. The normalized spacial score (nSPS) is 17.8. The van der Waals surface area contributed by atoms with Gasteiger partial charge in [0.05, 0.1) is 11.3 Å². The number of carbonyl (C=O) groups excluding carboxylic acids is 1. The molecule has 1 atom stereocenters. The molecule has 2 aromatic carbocycles. The van der Waals surface area contributed by atoms with Crippen LogP contribution in [-0.2, 0) is 11.0 Å². The maximum absolute atomic E-state index is 12.9. The summed E-state index contributed by atoms with van der Waals surface area (Å²) in [6.07, 6.45) is -2.73. The van der Waals surface area contributed by atoms with E-state index in [-0.39, 0.29) is 25.0 Å². The van der Waals surface area contributed by atoms with Gasteiger partial charge in [0.1, 0.15) is 6.33 Å². The van der Waals surface area contributed by atoms with Gasteiger partial charge in [0, 0.05) is 18.0 Å². The molecule has 2 aliphatic rings. The van der Waals surface area contributed by atoms with Crippen LogP contribution in [-0.4, -0.2) is 22.3 Å². The highest BCUT2D eigenvalue weighted by atomic mass is 19.4. The lowest BCUT2D eigenvalue weighted by atomic mass is 9.89. The van der Waals surface area contributed by atoms with Crippen molar-refractivity contribution in [3.63, 3.8) is 0 Å². The van der Waals surface area contributed by atoms with Crippen molar-refractivity contribution in [3.05, 3.63) is 65.6 Å². The monoisotopic (exact) mass is 401 g/mol. The number of aromatic nitrogens is 2. The number of alkyl halides is 3. The second-order valence-electron chi connectivity index (χ2n) is 6.81. The fourth-order valence-corrected chi connectivity index (χ4v) is 3.67. The van der Waals surface area contributed by atoms with Gasteiger partial charge in [0.2, 0.25) is 12.7 Å². The summed E-state index contributed by atoms with van der Waals surface area (Å²) in [4.78, 5) is 16.5. The number of hydrogen-bond acceptors (Lipinski definition) is 4. The smallest absolute Gasteiger partial charge is 0.416 e. The Balaban J connectivity index is 1.58. The Morgan fingerprint density at radius 3 is 2.59 bits per heavy atom. The second kappa shape index (κ2) is 6.26. The summed E-state index contributed by atoms with van der Waals surface area (Å²) in [6, 6.07) is 10.3. The molecule has 3 heterocycles. The van der Waals surface area contributed by atoms with Crippen LogP contribution >= 0.6 is 0 Å². The van der Waals surface area contributed by atoms with Gasteiger partial charge in [-0.3, -0.25) is 4.79 Å². The number of carbonyl (C=O) groups is 1. The highest BCUT2D eigenvalue weighted by molar-refractivity contribution is 5.94. The molecular weight excluding hydrogens is 387 g/mol. The van der Waals surface area contributed by atoms with Crippen LogP contribution in [0.3, 0.4) is 0 Å². The minimum Gasteiger partial charge on any atom is -0.454 e. The largest absolute Gasteiger partial charge is 0.454 e. The van der Waals surface area contributed by atoms with Crippen LogP contribution in [0.1, 0.15) is 29.2 Å². The van der Waals surface area contributed by atoms with E-state index in [4.69, 9.17) is 9.47 Å². The third-order valence-electron chi connectivity index (χ3n) is 5.05. The van der Waals surface area contributed by atoms with E-state index in [0.29, 0.717) is 28.7 Å². The number of hydrogen-bond donors (Lipinski definition) is 1. The zero-order valence-corrected chi connectivity index (χ0v) is 14.9. The lowest BCUT2D eigenvalue weighted by Gasteiger charge is -2.25. The van der Waals surface area contributed by atoms with Crippen LogP contribution in [0.25, 0.3) is 5.69 Å². The summed E-state index contributed by atoms with van der Waals surface area (Å²) in [5.41, 5.74) is 1.33. The van der Waals surface area contributed by atoms with Gasteiger partial charge in [-0.1, -0.05) is 6.07 Å². The minimum atomic E-state index is -4.41. The summed E-state index contributed by atoms with van der Waals surface area (Å²) in [7, 11) is 0. The molecule has 2 aliphatic heterocycles. The first-order valence-corrected chi connectivity index (χ1v) is 8.84. The van der Waals surface area contributed by atoms with Gasteiger partial charge >= 0.3 is 6.18 Å². The average Bonchev–Trinajstić information content (AvgIpc) is 3.33. The third kappa shape index (κ3) is 2.98. The summed E-state index contributed by atoms with van der Waals surface area (Å²) in [6.45, 7) is 0.138. The van der Waals surface area contributed by atoms with Gasteiger partial charge in [0.15, 0.2) is 17.3 Å². The molecule has 148 valence electrons. The number of halogens is 3. The number of amides is 1. The molecular formula is C20H14F3N3O3. The topological polar surface area (TPSA) is 65.4 Å². The standard InChI is InChI=1S/C20H14F3N3O3/c21-20(22,23)12-2-4-13(5-3-12)26-9-24-19-18(26)14(8-17(27)25-19)11-1-6-15-16(7-11)29-10-28-15/h1-7,9,14H,8,10H2,(H,25,27). The van der Waals surface area contributed by atoms with Crippen molar-refractivity contribution in [3.8, 4) is 17.2 Å². The molecule has 3 aromatic rings. The van der Waals surface area contributed by atoms with E-state index in [1.165, 1.54) is 18.5 Å². The maximum atomic E-state index is 12.9. The summed E-state index contributed by atoms with van der Waals surface area (Å²) in [5.74, 6) is 1.10. The summed E-state index contributed by atoms with van der Waals surface area (Å²) >= 11 is 0. The lowest BCUT2D eigenvalue weighted by Crippen LogP contribution is -2.25. The number of fused-ring (bicyclic) bond motifs is 2. The molecule has 29 heavy (non-hydrogen) atoms.